The van der Waals surface area contributed by atoms with E-state index >= 15 is 0 Å². The van der Waals surface area contributed by atoms with Crippen LogP contribution in [0.25, 0.3) is 0 Å². The van der Waals surface area contributed by atoms with E-state index in [0.717, 1.165) is 5.69 Å². The summed E-state index contributed by atoms with van der Waals surface area (Å²) in [6, 6.07) is 18.3. The van der Waals surface area contributed by atoms with Gasteiger partial charge in [-0.15, -0.1) is 0 Å². The average molecular weight is 348 g/mol. The van der Waals surface area contributed by atoms with Crippen molar-refractivity contribution in [3.63, 3.8) is 0 Å². The number of nitrogens with zero attached hydrogens (tertiary/aromatic N) is 3. The van der Waals surface area contributed by atoms with Gasteiger partial charge in [-0.3, -0.25) is 4.79 Å². The summed E-state index contributed by atoms with van der Waals surface area (Å²) >= 11 is 0. The van der Waals surface area contributed by atoms with Crippen LogP contribution in [-0.2, 0) is 6.54 Å². The largest absolute Gasteiger partial charge is 0.457 e. The fraction of sp³-hybridized carbons (Fsp3) is 0.150. The lowest BCUT2D eigenvalue weighted by atomic mass is 10.2. The predicted molar refractivity (Wildman–Crippen MR) is 100 cm³/mol. The summed E-state index contributed by atoms with van der Waals surface area (Å²) in [7, 11) is 3.74. The molecular weight excluding hydrogens is 328 g/mol. The Labute approximate surface area is 152 Å². The van der Waals surface area contributed by atoms with E-state index in [0.29, 0.717) is 29.6 Å². The highest BCUT2D eigenvalue weighted by atomic mass is 16.5. The number of carbonyl (C=O) groups excluding carboxylic acids is 1. The molecule has 0 spiro atoms. The van der Waals surface area contributed by atoms with Crippen molar-refractivity contribution in [2.24, 2.45) is 0 Å². The molecule has 6 nitrogen and oxygen atoms in total. The number of hydrogen-bond acceptors (Lipinski definition) is 5. The Balaban J connectivity index is 1.71. The van der Waals surface area contributed by atoms with E-state index < -0.39 is 0 Å². The molecule has 26 heavy (non-hydrogen) atoms. The lowest BCUT2D eigenvalue weighted by molar-refractivity contribution is 0.0948. The first-order chi connectivity index (χ1) is 12.6. The first-order valence-electron chi connectivity index (χ1n) is 8.23. The Morgan fingerprint density at radius 3 is 2.54 bits per heavy atom. The molecule has 6 heteroatoms. The average Bonchev–Trinajstić information content (AvgIpc) is 2.67. The Morgan fingerprint density at radius 1 is 1.04 bits per heavy atom. The van der Waals surface area contributed by atoms with Crippen LogP contribution in [0, 0.1) is 0 Å². The third-order valence-corrected chi connectivity index (χ3v) is 3.63. The summed E-state index contributed by atoms with van der Waals surface area (Å²) in [5, 5.41) is 2.88. The quantitative estimate of drug-likeness (QED) is 0.740. The van der Waals surface area contributed by atoms with Crippen LogP contribution in [0.3, 0.4) is 0 Å². The second kappa shape index (κ2) is 8.11. The summed E-state index contributed by atoms with van der Waals surface area (Å²) < 4.78 is 5.84. The van der Waals surface area contributed by atoms with Gasteiger partial charge in [-0.25, -0.2) is 9.97 Å². The highest BCUT2D eigenvalue weighted by molar-refractivity contribution is 5.96. The van der Waals surface area contributed by atoms with E-state index in [2.05, 4.69) is 15.3 Å². The van der Waals surface area contributed by atoms with Gasteiger partial charge < -0.3 is 15.0 Å². The number of nitrogens with one attached hydrogen (secondary N) is 1. The minimum Gasteiger partial charge on any atom is -0.457 e. The fourth-order valence-electron chi connectivity index (χ4n) is 2.32. The molecule has 1 amide bonds. The van der Waals surface area contributed by atoms with E-state index in [9.17, 15) is 4.79 Å². The molecule has 1 N–H and O–H groups in total. The van der Waals surface area contributed by atoms with E-state index in [1.807, 2.05) is 61.5 Å². The summed E-state index contributed by atoms with van der Waals surface area (Å²) in [4.78, 5) is 23.0. The number of carbonyl (C=O) groups is 1. The van der Waals surface area contributed by atoms with E-state index in [4.69, 9.17) is 4.74 Å². The van der Waals surface area contributed by atoms with E-state index in [1.54, 1.807) is 24.4 Å². The molecule has 0 aliphatic heterocycles. The first-order valence-corrected chi connectivity index (χ1v) is 8.23. The number of rotatable bonds is 6. The SMILES string of the molecule is CN(C)c1nccc(CNC(=O)c2ccccc2Oc2ccccc2)n1. The molecule has 0 aliphatic rings. The number of anilines is 1. The maximum absolute atomic E-state index is 12.6. The number of para-hydroxylation sites is 2. The fourth-order valence-corrected chi connectivity index (χ4v) is 2.32. The minimum absolute atomic E-state index is 0.221. The standard InChI is InChI=1S/C20H20N4O2/c1-24(2)20-21-13-12-15(23-20)14-22-19(25)17-10-6-7-11-18(17)26-16-8-4-3-5-9-16/h3-13H,14H2,1-2H3,(H,22,25). The van der Waals surface area contributed by atoms with Crippen LogP contribution in [0.4, 0.5) is 5.95 Å². The molecule has 0 aliphatic carbocycles. The van der Waals surface area contributed by atoms with Crippen molar-refractivity contribution in [1.29, 1.82) is 0 Å². The monoisotopic (exact) mass is 348 g/mol. The van der Waals surface area contributed by atoms with Crippen molar-refractivity contribution in [3.8, 4) is 11.5 Å². The highest BCUT2D eigenvalue weighted by Crippen LogP contribution is 2.25. The van der Waals surface area contributed by atoms with Crippen LogP contribution in [-0.4, -0.2) is 30.0 Å². The topological polar surface area (TPSA) is 67.4 Å². The van der Waals surface area contributed by atoms with Crippen molar-refractivity contribution in [3.05, 3.63) is 78.1 Å². The lowest BCUT2D eigenvalue weighted by Gasteiger charge is -2.13. The van der Waals surface area contributed by atoms with Gasteiger partial charge in [0.1, 0.15) is 11.5 Å². The predicted octanol–water partition coefficient (Wildman–Crippen LogP) is 3.26. The minimum atomic E-state index is -0.221. The van der Waals surface area contributed by atoms with Crippen LogP contribution < -0.4 is 15.0 Å². The Morgan fingerprint density at radius 2 is 1.77 bits per heavy atom. The molecular formula is C20H20N4O2. The number of benzene rings is 2. The molecule has 0 saturated heterocycles. The van der Waals surface area contributed by atoms with Crippen LogP contribution in [0.1, 0.15) is 16.1 Å². The third-order valence-electron chi connectivity index (χ3n) is 3.63. The van der Waals surface area contributed by atoms with Crippen molar-refractivity contribution in [1.82, 2.24) is 15.3 Å². The van der Waals surface area contributed by atoms with Gasteiger partial charge in [-0.1, -0.05) is 30.3 Å². The molecule has 3 rings (SSSR count). The molecule has 0 unspecified atom stereocenters. The van der Waals surface area contributed by atoms with Crippen molar-refractivity contribution < 1.29 is 9.53 Å². The zero-order valence-electron chi connectivity index (χ0n) is 14.7. The summed E-state index contributed by atoms with van der Waals surface area (Å²) in [5.74, 6) is 1.57. The molecule has 1 aromatic heterocycles. The Kier molecular flexibility index (Phi) is 5.43. The van der Waals surface area contributed by atoms with Gasteiger partial charge in [0.2, 0.25) is 5.95 Å². The molecule has 3 aromatic rings. The van der Waals surface area contributed by atoms with Crippen molar-refractivity contribution in [2.45, 2.75) is 6.54 Å². The molecule has 132 valence electrons. The van der Waals surface area contributed by atoms with Crippen molar-refractivity contribution >= 4 is 11.9 Å². The number of hydrogen-bond donors (Lipinski definition) is 1. The summed E-state index contributed by atoms with van der Waals surface area (Å²) in [5.41, 5.74) is 1.21. The van der Waals surface area contributed by atoms with Gasteiger partial charge in [0.25, 0.3) is 5.91 Å². The zero-order chi connectivity index (χ0) is 18.4. The normalized spacial score (nSPS) is 10.2. The maximum Gasteiger partial charge on any atom is 0.255 e. The van der Waals surface area contributed by atoms with E-state index in [-0.39, 0.29) is 5.91 Å². The Hall–Kier alpha value is -3.41. The van der Waals surface area contributed by atoms with Gasteiger partial charge in [-0.05, 0) is 30.3 Å². The molecule has 0 radical (unpaired) electrons. The number of aromatic nitrogens is 2. The summed E-state index contributed by atoms with van der Waals surface area (Å²) in [6.07, 6.45) is 1.68. The molecule has 0 atom stereocenters. The molecule has 0 fully saturated rings. The Bertz CT molecular complexity index is 882. The van der Waals surface area contributed by atoms with Gasteiger partial charge in [0.05, 0.1) is 17.8 Å². The van der Waals surface area contributed by atoms with Gasteiger partial charge in [0.15, 0.2) is 0 Å². The van der Waals surface area contributed by atoms with Crippen LogP contribution in [0.15, 0.2) is 66.9 Å². The van der Waals surface area contributed by atoms with Crippen LogP contribution in [0.5, 0.6) is 11.5 Å². The lowest BCUT2D eigenvalue weighted by Crippen LogP contribution is -2.24. The third kappa shape index (κ3) is 4.36. The van der Waals surface area contributed by atoms with Gasteiger partial charge in [-0.2, -0.15) is 0 Å². The second-order valence-electron chi connectivity index (χ2n) is 5.84. The van der Waals surface area contributed by atoms with Gasteiger partial charge >= 0.3 is 0 Å². The van der Waals surface area contributed by atoms with Crippen LogP contribution >= 0.6 is 0 Å². The second-order valence-corrected chi connectivity index (χ2v) is 5.84. The first kappa shape index (κ1) is 17.4. The molecule has 2 aromatic carbocycles. The molecule has 0 bridgehead atoms. The molecule has 1 heterocycles. The summed E-state index contributed by atoms with van der Waals surface area (Å²) in [6.45, 7) is 0.307. The zero-order valence-corrected chi connectivity index (χ0v) is 14.7. The van der Waals surface area contributed by atoms with Crippen molar-refractivity contribution in [2.75, 3.05) is 19.0 Å². The number of amides is 1. The highest BCUT2D eigenvalue weighted by Gasteiger charge is 2.13. The van der Waals surface area contributed by atoms with Gasteiger partial charge in [0, 0.05) is 20.3 Å². The number of ether oxygens (including phenoxy) is 1. The molecule has 0 saturated carbocycles. The van der Waals surface area contributed by atoms with E-state index in [1.165, 1.54) is 0 Å². The smallest absolute Gasteiger partial charge is 0.255 e. The van der Waals surface area contributed by atoms with Crippen LogP contribution in [0.2, 0.25) is 0 Å². The maximum atomic E-state index is 12.6.